The van der Waals surface area contributed by atoms with Gasteiger partial charge in [-0.25, -0.2) is 17.2 Å². The van der Waals surface area contributed by atoms with E-state index in [4.69, 9.17) is 0 Å². The Morgan fingerprint density at radius 3 is 2.80 bits per heavy atom. The average Bonchev–Trinajstić information content (AvgIpc) is 2.85. The Labute approximate surface area is 116 Å². The fourth-order valence-corrected chi connectivity index (χ4v) is 4.61. The first-order valence-corrected chi connectivity index (χ1v) is 8.11. The summed E-state index contributed by atoms with van der Waals surface area (Å²) in [6.07, 6.45) is 1.66. The van der Waals surface area contributed by atoms with Crippen molar-refractivity contribution in [3.63, 3.8) is 0 Å². The molecule has 3 rings (SSSR count). The smallest absolute Gasteiger partial charge is 0.245 e. The molecule has 110 valence electrons. The molecule has 0 aliphatic carbocycles. The van der Waals surface area contributed by atoms with E-state index >= 15 is 0 Å². The molecule has 1 aromatic carbocycles. The van der Waals surface area contributed by atoms with Gasteiger partial charge < -0.3 is 5.32 Å². The summed E-state index contributed by atoms with van der Waals surface area (Å²) < 4.78 is 52.8. The quantitative estimate of drug-likeness (QED) is 0.897. The highest BCUT2D eigenvalue weighted by Crippen LogP contribution is 2.29. The summed E-state index contributed by atoms with van der Waals surface area (Å²) in [7, 11) is -3.88. The lowest BCUT2D eigenvalue weighted by Crippen LogP contribution is -2.46. The van der Waals surface area contributed by atoms with Gasteiger partial charge in [-0.15, -0.1) is 0 Å². The van der Waals surface area contributed by atoms with Crippen LogP contribution in [-0.4, -0.2) is 38.4 Å². The highest BCUT2D eigenvalue weighted by molar-refractivity contribution is 7.89. The van der Waals surface area contributed by atoms with Crippen LogP contribution < -0.4 is 5.32 Å². The molecule has 4 nitrogen and oxygen atoms in total. The van der Waals surface area contributed by atoms with Gasteiger partial charge >= 0.3 is 0 Å². The molecule has 2 aliphatic heterocycles. The molecule has 2 atom stereocenters. The summed E-state index contributed by atoms with van der Waals surface area (Å²) in [6.45, 7) is 1.66. The molecule has 2 aliphatic rings. The molecule has 0 saturated carbocycles. The molecule has 2 saturated heterocycles. The molecule has 2 heterocycles. The van der Waals surface area contributed by atoms with Crippen LogP contribution in [0.1, 0.15) is 12.8 Å². The van der Waals surface area contributed by atoms with Gasteiger partial charge in [0.25, 0.3) is 0 Å². The van der Waals surface area contributed by atoms with Gasteiger partial charge in [0.1, 0.15) is 16.5 Å². The monoisotopic (exact) mass is 302 g/mol. The van der Waals surface area contributed by atoms with Crippen molar-refractivity contribution >= 4 is 10.0 Å². The number of halogens is 2. The molecular formula is C13H16F2N2O2S. The lowest BCUT2D eigenvalue weighted by molar-refractivity contribution is 0.246. The summed E-state index contributed by atoms with van der Waals surface area (Å²) in [5.74, 6) is -1.53. The first-order valence-electron chi connectivity index (χ1n) is 6.67. The first-order chi connectivity index (χ1) is 9.48. The second-order valence-corrected chi connectivity index (χ2v) is 7.24. The third-order valence-corrected chi connectivity index (χ3v) is 6.03. The Kier molecular flexibility index (Phi) is 3.51. The zero-order valence-electron chi connectivity index (χ0n) is 10.9. The number of rotatable bonds is 2. The Morgan fingerprint density at radius 2 is 2.05 bits per heavy atom. The van der Waals surface area contributed by atoms with Crippen molar-refractivity contribution < 1.29 is 17.2 Å². The van der Waals surface area contributed by atoms with Crippen molar-refractivity contribution in [2.45, 2.75) is 23.8 Å². The predicted molar refractivity (Wildman–Crippen MR) is 69.6 cm³/mol. The van der Waals surface area contributed by atoms with Crippen LogP contribution in [0.4, 0.5) is 8.78 Å². The molecule has 2 fully saturated rings. The van der Waals surface area contributed by atoms with Crippen molar-refractivity contribution in [2.75, 3.05) is 19.6 Å². The van der Waals surface area contributed by atoms with Crippen LogP contribution in [0, 0.1) is 17.6 Å². The normalized spacial score (nSPS) is 27.5. The molecule has 7 heteroatoms. The second kappa shape index (κ2) is 5.05. The van der Waals surface area contributed by atoms with Gasteiger partial charge in [-0.1, -0.05) is 0 Å². The zero-order chi connectivity index (χ0) is 14.3. The lowest BCUT2D eigenvalue weighted by Gasteiger charge is -2.34. The van der Waals surface area contributed by atoms with Gasteiger partial charge in [-0.2, -0.15) is 4.31 Å². The molecule has 0 amide bonds. The van der Waals surface area contributed by atoms with Crippen LogP contribution in [0.15, 0.2) is 23.1 Å². The SMILES string of the molecule is O=S(=O)(c1ccc(F)cc1F)N1CCC2NCCC2C1. The van der Waals surface area contributed by atoms with Crippen molar-refractivity contribution in [1.82, 2.24) is 9.62 Å². The Hall–Kier alpha value is -1.05. The number of hydrogen-bond acceptors (Lipinski definition) is 3. The third kappa shape index (κ3) is 2.34. The van der Waals surface area contributed by atoms with E-state index in [-0.39, 0.29) is 5.92 Å². The van der Waals surface area contributed by atoms with E-state index < -0.39 is 26.6 Å². The summed E-state index contributed by atoms with van der Waals surface area (Å²) in [5, 5.41) is 3.34. The van der Waals surface area contributed by atoms with E-state index in [1.165, 1.54) is 4.31 Å². The molecule has 1 aromatic rings. The third-order valence-electron chi connectivity index (χ3n) is 4.13. The van der Waals surface area contributed by atoms with Gasteiger partial charge in [0.2, 0.25) is 10.0 Å². The van der Waals surface area contributed by atoms with Crippen molar-refractivity contribution in [3.05, 3.63) is 29.8 Å². The topological polar surface area (TPSA) is 49.4 Å². The number of benzene rings is 1. The van der Waals surface area contributed by atoms with Crippen molar-refractivity contribution in [2.24, 2.45) is 5.92 Å². The van der Waals surface area contributed by atoms with E-state index in [0.717, 1.165) is 31.5 Å². The Balaban J connectivity index is 1.88. The van der Waals surface area contributed by atoms with E-state index in [2.05, 4.69) is 5.32 Å². The minimum Gasteiger partial charge on any atom is -0.314 e. The van der Waals surface area contributed by atoms with Crippen molar-refractivity contribution in [3.8, 4) is 0 Å². The Bertz CT molecular complexity index is 621. The molecule has 2 unspecified atom stereocenters. The predicted octanol–water partition coefficient (Wildman–Crippen LogP) is 1.34. The van der Waals surface area contributed by atoms with Gasteiger partial charge in [-0.3, -0.25) is 0 Å². The number of sulfonamides is 1. The molecule has 0 spiro atoms. The van der Waals surface area contributed by atoms with Gasteiger partial charge in [0.05, 0.1) is 0 Å². The highest BCUT2D eigenvalue weighted by atomic mass is 32.2. The molecule has 0 aromatic heterocycles. The van der Waals surface area contributed by atoms with Crippen LogP contribution in [0.2, 0.25) is 0 Å². The molecular weight excluding hydrogens is 286 g/mol. The largest absolute Gasteiger partial charge is 0.314 e. The van der Waals surface area contributed by atoms with Crippen LogP contribution in [0.3, 0.4) is 0 Å². The van der Waals surface area contributed by atoms with E-state index in [0.29, 0.717) is 25.2 Å². The zero-order valence-corrected chi connectivity index (χ0v) is 11.7. The molecule has 1 N–H and O–H groups in total. The van der Waals surface area contributed by atoms with Crippen molar-refractivity contribution in [1.29, 1.82) is 0 Å². The maximum absolute atomic E-state index is 13.7. The van der Waals surface area contributed by atoms with Crippen LogP contribution in [0.25, 0.3) is 0 Å². The van der Waals surface area contributed by atoms with E-state index in [1.807, 2.05) is 0 Å². The number of fused-ring (bicyclic) bond motifs is 1. The number of hydrogen-bond donors (Lipinski definition) is 1. The van der Waals surface area contributed by atoms with Gasteiger partial charge in [0, 0.05) is 25.2 Å². The Morgan fingerprint density at radius 1 is 1.25 bits per heavy atom. The highest BCUT2D eigenvalue weighted by Gasteiger charge is 2.38. The summed E-state index contributed by atoms with van der Waals surface area (Å²) in [4.78, 5) is -0.441. The van der Waals surface area contributed by atoms with E-state index in [1.54, 1.807) is 0 Å². The number of nitrogens with zero attached hydrogens (tertiary/aromatic N) is 1. The standard InChI is InChI=1S/C13H16F2N2O2S/c14-10-1-2-13(11(15)7-10)20(18,19)17-6-4-12-9(8-17)3-5-16-12/h1-2,7,9,12,16H,3-6,8H2. The number of nitrogens with one attached hydrogen (secondary N) is 1. The molecule has 20 heavy (non-hydrogen) atoms. The maximum atomic E-state index is 13.7. The first kappa shape index (κ1) is 13.9. The van der Waals surface area contributed by atoms with Crippen LogP contribution in [-0.2, 0) is 10.0 Å². The summed E-state index contributed by atoms with van der Waals surface area (Å²) in [5.41, 5.74) is 0. The minimum absolute atomic E-state index is 0.280. The lowest BCUT2D eigenvalue weighted by atomic mass is 9.95. The summed E-state index contributed by atoms with van der Waals surface area (Å²) in [6, 6.07) is 2.94. The van der Waals surface area contributed by atoms with Gasteiger partial charge in [0.15, 0.2) is 0 Å². The van der Waals surface area contributed by atoms with Gasteiger partial charge in [-0.05, 0) is 37.4 Å². The fourth-order valence-electron chi connectivity index (χ4n) is 3.06. The summed E-state index contributed by atoms with van der Waals surface area (Å²) >= 11 is 0. The number of piperidine rings is 1. The fraction of sp³-hybridized carbons (Fsp3) is 0.538. The van der Waals surface area contributed by atoms with Crippen LogP contribution >= 0.6 is 0 Å². The average molecular weight is 302 g/mol. The molecule has 0 bridgehead atoms. The van der Waals surface area contributed by atoms with Crippen LogP contribution in [0.5, 0.6) is 0 Å². The molecule has 0 radical (unpaired) electrons. The van der Waals surface area contributed by atoms with E-state index in [9.17, 15) is 17.2 Å². The minimum atomic E-state index is -3.88. The maximum Gasteiger partial charge on any atom is 0.245 e. The second-order valence-electron chi connectivity index (χ2n) is 5.34.